The minimum Gasteiger partial charge on any atom is -0.490 e. The second kappa shape index (κ2) is 12.1. The first-order valence-electron chi connectivity index (χ1n) is 8.80. The smallest absolute Gasteiger partial charge is 0.387 e. The fraction of sp³-hybridized carbons (Fsp3) is 0.611. The normalized spacial score (nSPS) is 15.3. The van der Waals surface area contributed by atoms with Crippen molar-refractivity contribution in [1.29, 1.82) is 0 Å². The maximum atomic E-state index is 12.4. The van der Waals surface area contributed by atoms with Gasteiger partial charge in [0.2, 0.25) is 0 Å². The quantitative estimate of drug-likeness (QED) is 0.345. The molecule has 0 saturated heterocycles. The molecule has 8 heteroatoms. The number of ether oxygens (including phenoxy) is 2. The molecule has 0 aliphatic heterocycles. The number of alkyl halides is 2. The molecule has 1 aliphatic rings. The molecule has 0 aromatic heterocycles. The molecule has 1 aliphatic carbocycles. The van der Waals surface area contributed by atoms with Crippen LogP contribution in [0.15, 0.2) is 23.2 Å². The third-order valence-electron chi connectivity index (χ3n) is 4.15. The lowest BCUT2D eigenvalue weighted by molar-refractivity contribution is -0.0514. The Kier molecular flexibility index (Phi) is 10.6. The maximum Gasteiger partial charge on any atom is 0.387 e. The van der Waals surface area contributed by atoms with Gasteiger partial charge >= 0.3 is 6.61 Å². The first-order chi connectivity index (χ1) is 12.1. The third kappa shape index (κ3) is 7.51. The number of aliphatic imine (C=N–C) groups is 1. The summed E-state index contributed by atoms with van der Waals surface area (Å²) >= 11 is 0. The standard InChI is InChI=1S/C18H27F2N3O2.HI/c1-3-24-16-11-13(9-10-15(16)25-17(19)20)12-22-18(21-2)23-14-7-5-4-6-8-14;/h9-11,14,17H,3-8,12H2,1-2H3,(H2,21,22,23);1H. The van der Waals surface area contributed by atoms with E-state index in [1.54, 1.807) is 26.1 Å². The zero-order valence-electron chi connectivity index (χ0n) is 15.3. The lowest BCUT2D eigenvalue weighted by atomic mass is 9.96. The van der Waals surface area contributed by atoms with Gasteiger partial charge in [-0.05, 0) is 37.5 Å². The highest BCUT2D eigenvalue weighted by atomic mass is 127. The van der Waals surface area contributed by atoms with Crippen LogP contribution in [-0.4, -0.2) is 32.3 Å². The van der Waals surface area contributed by atoms with Crippen molar-refractivity contribution in [2.75, 3.05) is 13.7 Å². The summed E-state index contributed by atoms with van der Waals surface area (Å²) in [6, 6.07) is 5.41. The molecule has 26 heavy (non-hydrogen) atoms. The highest BCUT2D eigenvalue weighted by Gasteiger charge is 2.15. The van der Waals surface area contributed by atoms with Gasteiger partial charge in [0.25, 0.3) is 0 Å². The van der Waals surface area contributed by atoms with Crippen LogP contribution in [0.4, 0.5) is 8.78 Å². The van der Waals surface area contributed by atoms with Crippen LogP contribution in [0.2, 0.25) is 0 Å². The number of halogens is 3. The maximum absolute atomic E-state index is 12.4. The lowest BCUT2D eigenvalue weighted by Crippen LogP contribution is -2.43. The van der Waals surface area contributed by atoms with Gasteiger partial charge < -0.3 is 20.1 Å². The molecule has 0 heterocycles. The molecule has 0 radical (unpaired) electrons. The van der Waals surface area contributed by atoms with Gasteiger partial charge in [0, 0.05) is 19.6 Å². The summed E-state index contributed by atoms with van der Waals surface area (Å²) in [5.74, 6) is 1.11. The van der Waals surface area contributed by atoms with Crippen LogP contribution >= 0.6 is 24.0 Å². The molecule has 2 N–H and O–H groups in total. The molecular formula is C18H28F2IN3O2. The fourth-order valence-corrected chi connectivity index (χ4v) is 2.94. The Bertz CT molecular complexity index is 567. The number of nitrogens with one attached hydrogen (secondary N) is 2. The van der Waals surface area contributed by atoms with Crippen molar-refractivity contribution >= 4 is 29.9 Å². The van der Waals surface area contributed by atoms with Crippen molar-refractivity contribution in [2.45, 2.75) is 58.2 Å². The lowest BCUT2D eigenvalue weighted by Gasteiger charge is -2.25. The third-order valence-corrected chi connectivity index (χ3v) is 4.15. The summed E-state index contributed by atoms with van der Waals surface area (Å²) < 4.78 is 34.8. The van der Waals surface area contributed by atoms with Crippen LogP contribution in [0.25, 0.3) is 0 Å². The van der Waals surface area contributed by atoms with Crippen molar-refractivity contribution in [3.63, 3.8) is 0 Å². The van der Waals surface area contributed by atoms with Gasteiger partial charge in [0.15, 0.2) is 17.5 Å². The minimum atomic E-state index is -2.87. The van der Waals surface area contributed by atoms with E-state index in [0.717, 1.165) is 24.4 Å². The average molecular weight is 483 g/mol. The second-order valence-electron chi connectivity index (χ2n) is 6.00. The Morgan fingerprint density at radius 1 is 1.23 bits per heavy atom. The number of hydrogen-bond acceptors (Lipinski definition) is 3. The predicted molar refractivity (Wildman–Crippen MR) is 110 cm³/mol. The highest BCUT2D eigenvalue weighted by Crippen LogP contribution is 2.29. The first kappa shape index (κ1) is 22.7. The molecule has 0 spiro atoms. The van der Waals surface area contributed by atoms with Crippen molar-refractivity contribution in [3.8, 4) is 11.5 Å². The Morgan fingerprint density at radius 3 is 2.58 bits per heavy atom. The number of rotatable bonds is 7. The van der Waals surface area contributed by atoms with Crippen LogP contribution in [0.3, 0.4) is 0 Å². The Balaban J connectivity index is 0.00000338. The number of guanidine groups is 1. The molecule has 5 nitrogen and oxygen atoms in total. The van der Waals surface area contributed by atoms with E-state index in [0.29, 0.717) is 24.9 Å². The molecular weight excluding hydrogens is 455 g/mol. The molecule has 1 fully saturated rings. The summed E-state index contributed by atoms with van der Waals surface area (Å²) in [5, 5.41) is 6.69. The SMILES string of the molecule is CCOc1cc(CNC(=NC)NC2CCCCC2)ccc1OC(F)F.I. The molecule has 1 aromatic carbocycles. The predicted octanol–water partition coefficient (Wildman–Crippen LogP) is 4.30. The molecule has 148 valence electrons. The Morgan fingerprint density at radius 2 is 1.96 bits per heavy atom. The largest absolute Gasteiger partial charge is 0.490 e. The van der Waals surface area contributed by atoms with Gasteiger partial charge in [-0.3, -0.25) is 4.99 Å². The summed E-state index contributed by atoms with van der Waals surface area (Å²) in [6.45, 7) is -0.183. The Hall–Kier alpha value is -1.32. The zero-order valence-corrected chi connectivity index (χ0v) is 17.6. The van der Waals surface area contributed by atoms with E-state index in [4.69, 9.17) is 4.74 Å². The van der Waals surface area contributed by atoms with Gasteiger partial charge in [0.05, 0.1) is 6.61 Å². The van der Waals surface area contributed by atoms with E-state index in [9.17, 15) is 8.78 Å². The van der Waals surface area contributed by atoms with Crippen molar-refractivity contribution < 1.29 is 18.3 Å². The fourth-order valence-electron chi connectivity index (χ4n) is 2.94. The van der Waals surface area contributed by atoms with Crippen molar-refractivity contribution in [1.82, 2.24) is 10.6 Å². The molecule has 1 saturated carbocycles. The van der Waals surface area contributed by atoms with Gasteiger partial charge in [-0.2, -0.15) is 8.78 Å². The minimum absolute atomic E-state index is 0. The van der Waals surface area contributed by atoms with Crippen LogP contribution in [0.1, 0.15) is 44.6 Å². The number of benzene rings is 1. The van der Waals surface area contributed by atoms with Crippen LogP contribution < -0.4 is 20.1 Å². The molecule has 0 atom stereocenters. The molecule has 2 rings (SSSR count). The summed E-state index contributed by atoms with van der Waals surface area (Å²) in [6.07, 6.45) is 6.12. The van der Waals surface area contributed by atoms with Gasteiger partial charge in [-0.1, -0.05) is 25.3 Å². The highest BCUT2D eigenvalue weighted by molar-refractivity contribution is 14.0. The summed E-state index contributed by atoms with van der Waals surface area (Å²) in [7, 11) is 1.74. The van der Waals surface area contributed by atoms with E-state index in [1.807, 2.05) is 0 Å². The molecule has 0 amide bonds. The second-order valence-corrected chi connectivity index (χ2v) is 6.00. The molecule has 0 unspecified atom stereocenters. The van der Waals surface area contributed by atoms with E-state index >= 15 is 0 Å². The summed E-state index contributed by atoms with van der Waals surface area (Å²) in [4.78, 5) is 4.25. The number of hydrogen-bond donors (Lipinski definition) is 2. The van der Waals surface area contributed by atoms with Gasteiger partial charge in [-0.15, -0.1) is 24.0 Å². The monoisotopic (exact) mass is 483 g/mol. The first-order valence-corrected chi connectivity index (χ1v) is 8.80. The van der Waals surface area contributed by atoms with Gasteiger partial charge in [0.1, 0.15) is 0 Å². The topological polar surface area (TPSA) is 54.9 Å². The van der Waals surface area contributed by atoms with Gasteiger partial charge in [-0.25, -0.2) is 0 Å². The summed E-state index contributed by atoms with van der Waals surface area (Å²) in [5.41, 5.74) is 0.900. The van der Waals surface area contributed by atoms with Crippen LogP contribution in [-0.2, 0) is 6.54 Å². The van der Waals surface area contributed by atoms with Crippen LogP contribution in [0, 0.1) is 0 Å². The van der Waals surface area contributed by atoms with Crippen molar-refractivity contribution in [3.05, 3.63) is 23.8 Å². The van der Waals surface area contributed by atoms with Crippen LogP contribution in [0.5, 0.6) is 11.5 Å². The van der Waals surface area contributed by atoms with E-state index in [2.05, 4.69) is 20.4 Å². The average Bonchev–Trinajstić information content (AvgIpc) is 2.61. The molecule has 0 bridgehead atoms. The van der Waals surface area contributed by atoms with Crippen molar-refractivity contribution in [2.24, 2.45) is 4.99 Å². The number of nitrogens with zero attached hydrogens (tertiary/aromatic N) is 1. The molecule has 1 aromatic rings. The van der Waals surface area contributed by atoms with E-state index < -0.39 is 6.61 Å². The Labute approximate surface area is 171 Å². The van der Waals surface area contributed by atoms with E-state index in [-0.39, 0.29) is 29.7 Å². The zero-order chi connectivity index (χ0) is 18.1. The van der Waals surface area contributed by atoms with E-state index in [1.165, 1.54) is 25.3 Å².